The number of hydrogen-bond donors (Lipinski definition) is 2. The van der Waals surface area contributed by atoms with Gasteiger partial charge in [0, 0.05) is 16.1 Å². The molecule has 2 heterocycles. The Morgan fingerprint density at radius 3 is 2.96 bits per heavy atom. The molecule has 4 rings (SSSR count). The van der Waals surface area contributed by atoms with Gasteiger partial charge in [0.25, 0.3) is 5.91 Å². The maximum absolute atomic E-state index is 11.7. The molecule has 0 saturated heterocycles. The first-order valence-electron chi connectivity index (χ1n) is 7.39. The van der Waals surface area contributed by atoms with E-state index in [1.807, 2.05) is 24.3 Å². The van der Waals surface area contributed by atoms with Crippen LogP contribution in [0.2, 0.25) is 5.02 Å². The fourth-order valence-corrected chi connectivity index (χ4v) is 2.72. The number of ether oxygens (including phenoxy) is 1. The molecule has 1 amide bonds. The summed E-state index contributed by atoms with van der Waals surface area (Å²) >= 11 is 6.00. The van der Waals surface area contributed by atoms with E-state index in [2.05, 4.69) is 20.6 Å². The van der Waals surface area contributed by atoms with Gasteiger partial charge in [-0.25, -0.2) is 9.97 Å². The highest BCUT2D eigenvalue weighted by atomic mass is 35.5. The molecule has 0 saturated carbocycles. The minimum atomic E-state index is -0.494. The van der Waals surface area contributed by atoms with Crippen LogP contribution in [0.25, 0.3) is 10.9 Å². The second kappa shape index (κ2) is 5.65. The third-order valence-electron chi connectivity index (χ3n) is 3.77. The van der Waals surface area contributed by atoms with E-state index in [4.69, 9.17) is 16.3 Å². The Hall–Kier alpha value is -2.86. The number of benzene rings is 2. The molecule has 1 aliphatic heterocycles. The lowest BCUT2D eigenvalue weighted by Gasteiger charge is -2.23. The molecule has 2 aromatic carbocycles. The smallest absolute Gasteiger partial charge is 0.265 e. The predicted molar refractivity (Wildman–Crippen MR) is 93.0 cm³/mol. The summed E-state index contributed by atoms with van der Waals surface area (Å²) in [4.78, 5) is 20.3. The van der Waals surface area contributed by atoms with Gasteiger partial charge in [0.05, 0.1) is 11.2 Å². The summed E-state index contributed by atoms with van der Waals surface area (Å²) in [6.07, 6.45) is 0.985. The number of amides is 1. The number of carbonyl (C=O) groups is 1. The van der Waals surface area contributed by atoms with Gasteiger partial charge in [-0.05, 0) is 43.3 Å². The Morgan fingerprint density at radius 2 is 2.08 bits per heavy atom. The van der Waals surface area contributed by atoms with E-state index in [9.17, 15) is 4.79 Å². The summed E-state index contributed by atoms with van der Waals surface area (Å²) in [5.41, 5.74) is 2.16. The lowest BCUT2D eigenvalue weighted by atomic mass is 10.2. The summed E-state index contributed by atoms with van der Waals surface area (Å²) in [5.74, 6) is 1.14. The van der Waals surface area contributed by atoms with Gasteiger partial charge in [-0.2, -0.15) is 0 Å². The zero-order valence-corrected chi connectivity index (χ0v) is 13.5. The van der Waals surface area contributed by atoms with Crippen LogP contribution >= 0.6 is 11.6 Å². The van der Waals surface area contributed by atoms with E-state index < -0.39 is 6.10 Å². The van der Waals surface area contributed by atoms with Gasteiger partial charge >= 0.3 is 0 Å². The molecule has 0 fully saturated rings. The van der Waals surface area contributed by atoms with E-state index in [0.717, 1.165) is 16.6 Å². The van der Waals surface area contributed by atoms with E-state index in [1.54, 1.807) is 19.1 Å². The van der Waals surface area contributed by atoms with Gasteiger partial charge < -0.3 is 15.4 Å². The third-order valence-corrected chi connectivity index (χ3v) is 4.01. The minimum Gasteiger partial charge on any atom is -0.479 e. The van der Waals surface area contributed by atoms with Gasteiger partial charge in [-0.3, -0.25) is 4.79 Å². The normalized spacial score (nSPS) is 16.2. The molecule has 1 atom stereocenters. The number of nitrogens with zero attached hydrogens (tertiary/aromatic N) is 2. The summed E-state index contributed by atoms with van der Waals surface area (Å²) < 4.78 is 5.55. The topological polar surface area (TPSA) is 76.1 Å². The number of fused-ring (bicyclic) bond motifs is 2. The molecular weight excluding hydrogens is 328 g/mol. The van der Waals surface area contributed by atoms with Crippen molar-refractivity contribution in [1.82, 2.24) is 9.97 Å². The Bertz CT molecular complexity index is 960. The standard InChI is InChI=1S/C17H13ClN4O2/c1-9-17(23)22-14-7-11(3-5-15(14)24-9)21-16-12-4-2-10(18)6-13(12)19-8-20-16/h2-9H,1H3,(H,22,23)(H,19,20,21). The Morgan fingerprint density at radius 1 is 1.21 bits per heavy atom. The number of hydrogen-bond acceptors (Lipinski definition) is 5. The quantitative estimate of drug-likeness (QED) is 0.743. The second-order valence-electron chi connectivity index (χ2n) is 5.47. The number of halogens is 1. The molecule has 0 bridgehead atoms. The monoisotopic (exact) mass is 340 g/mol. The summed E-state index contributed by atoms with van der Waals surface area (Å²) in [5, 5.41) is 7.54. The van der Waals surface area contributed by atoms with E-state index >= 15 is 0 Å². The number of nitrogens with one attached hydrogen (secondary N) is 2. The van der Waals surface area contributed by atoms with Gasteiger partial charge in [0.1, 0.15) is 17.9 Å². The van der Waals surface area contributed by atoms with Crippen molar-refractivity contribution in [1.29, 1.82) is 0 Å². The Kier molecular flexibility index (Phi) is 3.46. The molecule has 6 nitrogen and oxygen atoms in total. The van der Waals surface area contributed by atoms with Crippen LogP contribution in [0.15, 0.2) is 42.7 Å². The highest BCUT2D eigenvalue weighted by Gasteiger charge is 2.23. The fourth-order valence-electron chi connectivity index (χ4n) is 2.55. The van der Waals surface area contributed by atoms with Crippen LogP contribution in [0.5, 0.6) is 5.75 Å². The van der Waals surface area contributed by atoms with Crippen LogP contribution in [0.4, 0.5) is 17.2 Å². The Labute approximate surface area is 142 Å². The molecule has 1 unspecified atom stereocenters. The van der Waals surface area contributed by atoms with E-state index in [1.165, 1.54) is 6.33 Å². The van der Waals surface area contributed by atoms with Gasteiger partial charge in [-0.1, -0.05) is 11.6 Å². The maximum atomic E-state index is 11.7. The highest BCUT2D eigenvalue weighted by Crippen LogP contribution is 2.33. The van der Waals surface area contributed by atoms with Crippen LogP contribution in [-0.4, -0.2) is 22.0 Å². The SMILES string of the molecule is CC1Oc2ccc(Nc3ncnc4cc(Cl)ccc34)cc2NC1=O. The molecule has 1 aromatic heterocycles. The summed E-state index contributed by atoms with van der Waals surface area (Å²) in [6, 6.07) is 10.9. The average molecular weight is 341 g/mol. The molecule has 24 heavy (non-hydrogen) atoms. The molecule has 7 heteroatoms. The predicted octanol–water partition coefficient (Wildman–Crippen LogP) is 3.75. The molecule has 0 spiro atoms. The van der Waals surface area contributed by atoms with Crippen LogP contribution in [0.3, 0.4) is 0 Å². The molecular formula is C17H13ClN4O2. The second-order valence-corrected chi connectivity index (χ2v) is 5.91. The van der Waals surface area contributed by atoms with Gasteiger partial charge in [0.15, 0.2) is 6.10 Å². The first kappa shape index (κ1) is 14.7. The highest BCUT2D eigenvalue weighted by molar-refractivity contribution is 6.31. The van der Waals surface area contributed by atoms with Crippen molar-refractivity contribution in [2.24, 2.45) is 0 Å². The first-order chi connectivity index (χ1) is 11.6. The lowest BCUT2D eigenvalue weighted by molar-refractivity contribution is -0.122. The van der Waals surface area contributed by atoms with Crippen molar-refractivity contribution < 1.29 is 9.53 Å². The largest absolute Gasteiger partial charge is 0.479 e. The minimum absolute atomic E-state index is 0.165. The van der Waals surface area contributed by atoms with Crippen LogP contribution in [0, 0.1) is 0 Å². The van der Waals surface area contributed by atoms with Crippen LogP contribution < -0.4 is 15.4 Å². The zero-order valence-electron chi connectivity index (χ0n) is 12.7. The average Bonchev–Trinajstić information content (AvgIpc) is 2.56. The lowest BCUT2D eigenvalue weighted by Crippen LogP contribution is -2.34. The molecule has 1 aliphatic rings. The van der Waals surface area contributed by atoms with Crippen molar-refractivity contribution in [3.05, 3.63) is 47.7 Å². The molecule has 3 aromatic rings. The molecule has 2 N–H and O–H groups in total. The van der Waals surface area contributed by atoms with Crippen molar-refractivity contribution in [3.63, 3.8) is 0 Å². The van der Waals surface area contributed by atoms with Gasteiger partial charge in [-0.15, -0.1) is 0 Å². The number of aromatic nitrogens is 2. The molecule has 0 radical (unpaired) electrons. The van der Waals surface area contributed by atoms with E-state index in [-0.39, 0.29) is 5.91 Å². The van der Waals surface area contributed by atoms with Crippen LogP contribution in [0.1, 0.15) is 6.92 Å². The van der Waals surface area contributed by atoms with Crippen molar-refractivity contribution >= 4 is 45.6 Å². The summed E-state index contributed by atoms with van der Waals surface area (Å²) in [7, 11) is 0. The molecule has 120 valence electrons. The summed E-state index contributed by atoms with van der Waals surface area (Å²) in [6.45, 7) is 1.71. The maximum Gasteiger partial charge on any atom is 0.265 e. The van der Waals surface area contributed by atoms with Crippen molar-refractivity contribution in [3.8, 4) is 5.75 Å². The molecule has 0 aliphatic carbocycles. The van der Waals surface area contributed by atoms with Crippen molar-refractivity contribution in [2.45, 2.75) is 13.0 Å². The Balaban J connectivity index is 1.69. The zero-order chi connectivity index (χ0) is 16.7. The van der Waals surface area contributed by atoms with E-state index in [0.29, 0.717) is 22.3 Å². The fraction of sp³-hybridized carbons (Fsp3) is 0.118. The van der Waals surface area contributed by atoms with Gasteiger partial charge in [0.2, 0.25) is 0 Å². The first-order valence-corrected chi connectivity index (χ1v) is 7.77. The number of anilines is 3. The van der Waals surface area contributed by atoms with Crippen molar-refractivity contribution in [2.75, 3.05) is 10.6 Å². The number of rotatable bonds is 2. The van der Waals surface area contributed by atoms with Crippen LogP contribution in [-0.2, 0) is 4.79 Å². The third kappa shape index (κ3) is 2.61. The number of carbonyl (C=O) groups excluding carboxylic acids is 1.